The highest BCUT2D eigenvalue weighted by Crippen LogP contribution is 2.21. The van der Waals surface area contributed by atoms with Gasteiger partial charge in [-0.1, -0.05) is 15.9 Å². The van der Waals surface area contributed by atoms with Crippen LogP contribution in [0.25, 0.3) is 5.65 Å². The molecule has 1 aliphatic rings. The van der Waals surface area contributed by atoms with E-state index >= 15 is 0 Å². The fourth-order valence-electron chi connectivity index (χ4n) is 2.77. The van der Waals surface area contributed by atoms with Crippen molar-refractivity contribution in [3.8, 4) is 0 Å². The molecule has 1 fully saturated rings. The number of fused-ring (bicyclic) bond motifs is 1. The van der Waals surface area contributed by atoms with Gasteiger partial charge in [-0.25, -0.2) is 4.98 Å². The third-order valence-electron chi connectivity index (χ3n) is 4.02. The lowest BCUT2D eigenvalue weighted by Crippen LogP contribution is -2.37. The van der Waals surface area contributed by atoms with Gasteiger partial charge in [0.25, 0.3) is 5.91 Å². The lowest BCUT2D eigenvalue weighted by molar-refractivity contribution is 0.102. The van der Waals surface area contributed by atoms with Gasteiger partial charge in [0.1, 0.15) is 11.6 Å². The van der Waals surface area contributed by atoms with Crippen LogP contribution in [0.4, 0.5) is 11.6 Å². The molecule has 1 aromatic carbocycles. The summed E-state index contributed by atoms with van der Waals surface area (Å²) in [5.74, 6) is 1.20. The number of carbonyl (C=O) groups is 1. The molecule has 0 spiro atoms. The van der Waals surface area contributed by atoms with E-state index in [9.17, 15) is 4.79 Å². The lowest BCUT2D eigenvalue weighted by atomic mass is 10.2. The van der Waals surface area contributed by atoms with E-state index in [2.05, 4.69) is 36.2 Å². The molecule has 8 heteroatoms. The van der Waals surface area contributed by atoms with Gasteiger partial charge < -0.3 is 15.0 Å². The summed E-state index contributed by atoms with van der Waals surface area (Å²) in [7, 11) is 0. The number of ether oxygens (including phenoxy) is 1. The summed E-state index contributed by atoms with van der Waals surface area (Å²) in [5, 5.41) is 7.21. The molecule has 1 aliphatic heterocycles. The van der Waals surface area contributed by atoms with Crippen LogP contribution in [-0.4, -0.2) is 46.8 Å². The van der Waals surface area contributed by atoms with Crippen LogP contribution in [0.2, 0.25) is 0 Å². The number of aromatic nitrogens is 3. The molecular weight excluding hydrogens is 386 g/mol. The van der Waals surface area contributed by atoms with E-state index in [1.54, 1.807) is 22.8 Å². The fourth-order valence-corrected chi connectivity index (χ4v) is 3.03. The summed E-state index contributed by atoms with van der Waals surface area (Å²) in [5.41, 5.74) is 1.27. The van der Waals surface area contributed by atoms with E-state index < -0.39 is 0 Å². The molecule has 3 heterocycles. The number of benzene rings is 1. The van der Waals surface area contributed by atoms with Crippen molar-refractivity contribution >= 4 is 39.1 Å². The Morgan fingerprint density at radius 2 is 1.92 bits per heavy atom. The second-order valence-corrected chi connectivity index (χ2v) is 6.58. The number of morpholine rings is 1. The molecule has 0 radical (unpaired) electrons. The quantitative estimate of drug-likeness (QED) is 0.729. The molecule has 2 aromatic heterocycles. The molecular formula is C17H16BrN5O2. The Hall–Kier alpha value is -2.45. The molecule has 4 rings (SSSR count). The minimum atomic E-state index is -0.197. The zero-order valence-electron chi connectivity index (χ0n) is 13.4. The zero-order chi connectivity index (χ0) is 17.2. The maximum atomic E-state index is 12.5. The molecule has 1 amide bonds. The van der Waals surface area contributed by atoms with Gasteiger partial charge in [-0.3, -0.25) is 4.79 Å². The van der Waals surface area contributed by atoms with Gasteiger partial charge in [0.2, 0.25) is 0 Å². The van der Waals surface area contributed by atoms with Gasteiger partial charge in [-0.2, -0.15) is 9.61 Å². The summed E-state index contributed by atoms with van der Waals surface area (Å²) in [4.78, 5) is 19.1. The van der Waals surface area contributed by atoms with E-state index in [1.165, 1.54) is 0 Å². The van der Waals surface area contributed by atoms with E-state index in [1.807, 2.05) is 24.3 Å². The second kappa shape index (κ2) is 6.81. The average molecular weight is 402 g/mol. The number of rotatable bonds is 3. The highest BCUT2D eigenvalue weighted by molar-refractivity contribution is 9.10. The summed E-state index contributed by atoms with van der Waals surface area (Å²) >= 11 is 3.37. The van der Waals surface area contributed by atoms with Gasteiger partial charge in [0, 0.05) is 35.3 Å². The van der Waals surface area contributed by atoms with E-state index in [4.69, 9.17) is 4.74 Å². The van der Waals surface area contributed by atoms with Crippen LogP contribution in [0.15, 0.2) is 47.1 Å². The van der Waals surface area contributed by atoms with Crippen LogP contribution in [-0.2, 0) is 4.74 Å². The van der Waals surface area contributed by atoms with Crippen molar-refractivity contribution in [1.29, 1.82) is 0 Å². The van der Waals surface area contributed by atoms with Crippen LogP contribution in [0, 0.1) is 0 Å². The smallest absolute Gasteiger partial charge is 0.256 e. The summed E-state index contributed by atoms with van der Waals surface area (Å²) < 4.78 is 8.12. The largest absolute Gasteiger partial charge is 0.378 e. The number of nitrogens with zero attached hydrogens (tertiary/aromatic N) is 4. The molecule has 0 aliphatic carbocycles. The first kappa shape index (κ1) is 16.0. The Labute approximate surface area is 152 Å². The minimum Gasteiger partial charge on any atom is -0.378 e. The normalized spacial score (nSPS) is 14.7. The predicted octanol–water partition coefficient (Wildman–Crippen LogP) is 2.58. The number of carbonyl (C=O) groups excluding carboxylic acids is 1. The van der Waals surface area contributed by atoms with Crippen molar-refractivity contribution in [2.24, 2.45) is 0 Å². The molecule has 0 saturated carbocycles. The lowest BCUT2D eigenvalue weighted by Gasteiger charge is -2.29. The summed E-state index contributed by atoms with van der Waals surface area (Å²) in [6.45, 7) is 2.90. The third kappa shape index (κ3) is 3.35. The topological polar surface area (TPSA) is 71.8 Å². The number of anilines is 2. The molecule has 128 valence electrons. The number of nitrogens with one attached hydrogen (secondary N) is 1. The Kier molecular flexibility index (Phi) is 4.37. The Bertz CT molecular complexity index is 903. The van der Waals surface area contributed by atoms with Crippen molar-refractivity contribution in [3.63, 3.8) is 0 Å². The molecule has 0 atom stereocenters. The first-order valence-corrected chi connectivity index (χ1v) is 8.74. The minimum absolute atomic E-state index is 0.197. The van der Waals surface area contributed by atoms with Crippen molar-refractivity contribution < 1.29 is 9.53 Å². The Balaban J connectivity index is 1.65. The Morgan fingerprint density at radius 1 is 1.16 bits per heavy atom. The van der Waals surface area contributed by atoms with Crippen molar-refractivity contribution in [1.82, 2.24) is 14.6 Å². The monoisotopic (exact) mass is 401 g/mol. The SMILES string of the molecule is O=C(Nc1cc(N2CCOCC2)n2nccc2n1)c1ccc(Br)cc1. The van der Waals surface area contributed by atoms with Crippen LogP contribution in [0.3, 0.4) is 0 Å². The molecule has 25 heavy (non-hydrogen) atoms. The van der Waals surface area contributed by atoms with Crippen molar-refractivity contribution in [3.05, 3.63) is 52.6 Å². The van der Waals surface area contributed by atoms with Crippen molar-refractivity contribution in [2.45, 2.75) is 0 Å². The second-order valence-electron chi connectivity index (χ2n) is 5.66. The van der Waals surface area contributed by atoms with Gasteiger partial charge >= 0.3 is 0 Å². The molecule has 3 aromatic rings. The average Bonchev–Trinajstić information content (AvgIpc) is 3.11. The maximum Gasteiger partial charge on any atom is 0.256 e. The van der Waals surface area contributed by atoms with Gasteiger partial charge in [-0.05, 0) is 24.3 Å². The van der Waals surface area contributed by atoms with Crippen molar-refractivity contribution in [2.75, 3.05) is 36.5 Å². The standard InChI is InChI=1S/C17H16BrN5O2/c18-13-3-1-12(2-4-13)17(24)21-14-11-16(22-7-9-25-10-8-22)23-15(20-14)5-6-19-23/h1-6,11H,7-10H2,(H,20,21,24). The predicted molar refractivity (Wildman–Crippen MR) is 98.1 cm³/mol. The van der Waals surface area contributed by atoms with E-state index in [0.717, 1.165) is 23.4 Å². The van der Waals surface area contributed by atoms with Crippen LogP contribution >= 0.6 is 15.9 Å². The Morgan fingerprint density at radius 3 is 2.68 bits per heavy atom. The number of hydrogen-bond donors (Lipinski definition) is 1. The molecule has 1 N–H and O–H groups in total. The molecule has 7 nitrogen and oxygen atoms in total. The number of hydrogen-bond acceptors (Lipinski definition) is 5. The third-order valence-corrected chi connectivity index (χ3v) is 4.55. The summed E-state index contributed by atoms with van der Waals surface area (Å²) in [6, 6.07) is 10.9. The fraction of sp³-hybridized carbons (Fsp3) is 0.235. The molecule has 0 unspecified atom stereocenters. The summed E-state index contributed by atoms with van der Waals surface area (Å²) in [6.07, 6.45) is 1.70. The van der Waals surface area contributed by atoms with Gasteiger partial charge in [-0.15, -0.1) is 0 Å². The van der Waals surface area contributed by atoms with Gasteiger partial charge in [0.05, 0.1) is 19.4 Å². The zero-order valence-corrected chi connectivity index (χ0v) is 14.9. The van der Waals surface area contributed by atoms with Crippen LogP contribution in [0.5, 0.6) is 0 Å². The number of amides is 1. The highest BCUT2D eigenvalue weighted by Gasteiger charge is 2.17. The van der Waals surface area contributed by atoms with Crippen LogP contribution < -0.4 is 10.2 Å². The molecule has 1 saturated heterocycles. The number of halogens is 1. The highest BCUT2D eigenvalue weighted by atomic mass is 79.9. The first-order chi connectivity index (χ1) is 12.2. The first-order valence-electron chi connectivity index (χ1n) is 7.95. The van der Waals surface area contributed by atoms with Crippen LogP contribution in [0.1, 0.15) is 10.4 Å². The molecule has 0 bridgehead atoms. The van der Waals surface area contributed by atoms with Gasteiger partial charge in [0.15, 0.2) is 5.65 Å². The van der Waals surface area contributed by atoms with E-state index in [0.29, 0.717) is 30.2 Å². The van der Waals surface area contributed by atoms with E-state index in [-0.39, 0.29) is 5.91 Å². The maximum absolute atomic E-state index is 12.5.